The molecule has 1 atom stereocenters. The molecule has 0 saturated heterocycles. The van der Waals surface area contributed by atoms with Gasteiger partial charge in [0.25, 0.3) is 5.56 Å². The fourth-order valence-electron chi connectivity index (χ4n) is 4.35. The highest BCUT2D eigenvalue weighted by Crippen LogP contribution is 2.36. The molecule has 0 amide bonds. The number of anilines is 2. The van der Waals surface area contributed by atoms with E-state index in [0.29, 0.717) is 28.5 Å². The van der Waals surface area contributed by atoms with E-state index in [1.54, 1.807) is 26.5 Å². The maximum atomic E-state index is 13.2. The molecule has 0 spiro atoms. The number of ether oxygens (including phenoxy) is 2. The standard InChI is InChI=1S/C26H24N4O3/c1-16-14-19-6-4-5-7-21(19)30(16)26-28-24-23(25(31)29-26)18(12-13-27-24)9-8-17-10-11-20(32-2)15-22(17)33-3/h4-13,15-16H,14H2,1-3H3,(H,27,28,29,31)/b9-8+/t16-/m0/s1. The van der Waals surface area contributed by atoms with Crippen molar-refractivity contribution in [3.8, 4) is 11.5 Å². The Morgan fingerprint density at radius 3 is 2.70 bits per heavy atom. The lowest BCUT2D eigenvalue weighted by molar-refractivity contribution is 0.394. The maximum Gasteiger partial charge on any atom is 0.262 e. The maximum absolute atomic E-state index is 13.2. The van der Waals surface area contributed by atoms with Crippen molar-refractivity contribution in [2.45, 2.75) is 19.4 Å². The van der Waals surface area contributed by atoms with Gasteiger partial charge in [-0.3, -0.25) is 9.78 Å². The molecule has 0 saturated carbocycles. The second-order valence-electron chi connectivity index (χ2n) is 7.98. The lowest BCUT2D eigenvalue weighted by Gasteiger charge is -2.23. The van der Waals surface area contributed by atoms with Crippen molar-refractivity contribution in [2.24, 2.45) is 0 Å². The van der Waals surface area contributed by atoms with Gasteiger partial charge in [-0.15, -0.1) is 0 Å². The number of fused-ring (bicyclic) bond motifs is 2. The third-order valence-electron chi connectivity index (χ3n) is 5.95. The molecule has 0 aliphatic carbocycles. The van der Waals surface area contributed by atoms with Crippen LogP contribution in [0.2, 0.25) is 0 Å². The zero-order valence-electron chi connectivity index (χ0n) is 18.7. The number of nitrogens with one attached hydrogen (secondary N) is 1. The Bertz CT molecular complexity index is 1430. The molecule has 4 aromatic rings. The van der Waals surface area contributed by atoms with Crippen LogP contribution in [0.5, 0.6) is 11.5 Å². The summed E-state index contributed by atoms with van der Waals surface area (Å²) in [5, 5.41) is 0.449. The van der Waals surface area contributed by atoms with Crippen LogP contribution >= 0.6 is 0 Å². The molecular weight excluding hydrogens is 416 g/mol. The van der Waals surface area contributed by atoms with Crippen molar-refractivity contribution in [2.75, 3.05) is 19.1 Å². The van der Waals surface area contributed by atoms with Crippen LogP contribution in [0, 0.1) is 0 Å². The Balaban J connectivity index is 1.56. The van der Waals surface area contributed by atoms with E-state index in [1.165, 1.54) is 5.56 Å². The summed E-state index contributed by atoms with van der Waals surface area (Å²) in [4.78, 5) is 27.4. The van der Waals surface area contributed by atoms with E-state index in [0.717, 1.165) is 23.2 Å². The highest BCUT2D eigenvalue weighted by Gasteiger charge is 2.29. The number of hydrogen-bond donors (Lipinski definition) is 1. The summed E-state index contributed by atoms with van der Waals surface area (Å²) in [6, 6.07) is 15.8. The average Bonchev–Trinajstić information content (AvgIpc) is 3.17. The van der Waals surface area contributed by atoms with E-state index in [-0.39, 0.29) is 11.6 Å². The molecule has 5 rings (SSSR count). The third kappa shape index (κ3) is 3.71. The zero-order chi connectivity index (χ0) is 22.9. The van der Waals surface area contributed by atoms with Crippen molar-refractivity contribution in [3.63, 3.8) is 0 Å². The van der Waals surface area contributed by atoms with Gasteiger partial charge in [-0.1, -0.05) is 30.4 Å². The molecule has 0 unspecified atom stereocenters. The molecule has 0 bridgehead atoms. The first-order chi connectivity index (χ1) is 16.1. The highest BCUT2D eigenvalue weighted by molar-refractivity contribution is 5.89. The number of para-hydroxylation sites is 1. The summed E-state index contributed by atoms with van der Waals surface area (Å²) in [5.74, 6) is 1.90. The predicted octanol–water partition coefficient (Wildman–Crippen LogP) is 4.59. The van der Waals surface area contributed by atoms with Gasteiger partial charge in [-0.2, -0.15) is 4.98 Å². The van der Waals surface area contributed by atoms with E-state index in [2.05, 4.69) is 33.9 Å². The molecule has 0 radical (unpaired) electrons. The number of rotatable bonds is 5. The molecule has 1 N–H and O–H groups in total. The fraction of sp³-hybridized carbons (Fsp3) is 0.192. The molecule has 7 nitrogen and oxygen atoms in total. The molecule has 7 heteroatoms. The van der Waals surface area contributed by atoms with Crippen LogP contribution in [0.25, 0.3) is 23.2 Å². The highest BCUT2D eigenvalue weighted by atomic mass is 16.5. The minimum absolute atomic E-state index is 0.189. The second-order valence-corrected chi connectivity index (χ2v) is 7.98. The number of benzene rings is 2. The van der Waals surface area contributed by atoms with Gasteiger partial charge in [-0.25, -0.2) is 4.98 Å². The summed E-state index contributed by atoms with van der Waals surface area (Å²) in [5.41, 5.74) is 4.09. The first kappa shape index (κ1) is 20.8. The summed E-state index contributed by atoms with van der Waals surface area (Å²) >= 11 is 0. The van der Waals surface area contributed by atoms with Crippen LogP contribution in [0.3, 0.4) is 0 Å². The van der Waals surface area contributed by atoms with Crippen molar-refractivity contribution in [1.29, 1.82) is 0 Å². The quantitative estimate of drug-likeness (QED) is 0.489. The minimum atomic E-state index is -0.221. The monoisotopic (exact) mass is 440 g/mol. The first-order valence-electron chi connectivity index (χ1n) is 10.8. The van der Waals surface area contributed by atoms with E-state index in [4.69, 9.17) is 14.5 Å². The van der Waals surface area contributed by atoms with Gasteiger partial charge in [0.2, 0.25) is 5.95 Å². The number of pyridine rings is 1. The van der Waals surface area contributed by atoms with E-state index >= 15 is 0 Å². The molecule has 3 heterocycles. The molecule has 2 aromatic carbocycles. The van der Waals surface area contributed by atoms with Crippen LogP contribution < -0.4 is 19.9 Å². The lowest BCUT2D eigenvalue weighted by Crippen LogP contribution is -2.28. The number of methoxy groups -OCH3 is 2. The van der Waals surface area contributed by atoms with E-state index < -0.39 is 0 Å². The van der Waals surface area contributed by atoms with Gasteiger partial charge in [0.1, 0.15) is 11.5 Å². The Labute approximate surface area is 191 Å². The smallest absolute Gasteiger partial charge is 0.262 e. The largest absolute Gasteiger partial charge is 0.497 e. The lowest BCUT2D eigenvalue weighted by atomic mass is 10.1. The van der Waals surface area contributed by atoms with Crippen LogP contribution in [0.4, 0.5) is 11.6 Å². The number of nitrogens with zero attached hydrogens (tertiary/aromatic N) is 3. The minimum Gasteiger partial charge on any atom is -0.497 e. The molecule has 0 fully saturated rings. The van der Waals surface area contributed by atoms with Crippen LogP contribution in [-0.2, 0) is 6.42 Å². The van der Waals surface area contributed by atoms with Crippen molar-refractivity contribution in [3.05, 3.63) is 81.8 Å². The summed E-state index contributed by atoms with van der Waals surface area (Å²) < 4.78 is 10.7. The number of aromatic amines is 1. The third-order valence-corrected chi connectivity index (χ3v) is 5.95. The first-order valence-corrected chi connectivity index (χ1v) is 10.8. The van der Waals surface area contributed by atoms with Gasteiger partial charge < -0.3 is 14.4 Å². The van der Waals surface area contributed by atoms with Crippen LogP contribution in [-0.4, -0.2) is 35.2 Å². The van der Waals surface area contributed by atoms with Gasteiger partial charge in [0, 0.05) is 29.6 Å². The normalized spacial score (nSPS) is 15.2. The Morgan fingerprint density at radius 1 is 1.06 bits per heavy atom. The van der Waals surface area contributed by atoms with Gasteiger partial charge >= 0.3 is 0 Å². The number of hydrogen-bond acceptors (Lipinski definition) is 6. The molecule has 33 heavy (non-hydrogen) atoms. The summed E-state index contributed by atoms with van der Waals surface area (Å²) in [6.07, 6.45) is 6.35. The van der Waals surface area contributed by atoms with Crippen molar-refractivity contribution in [1.82, 2.24) is 15.0 Å². The van der Waals surface area contributed by atoms with Crippen molar-refractivity contribution < 1.29 is 9.47 Å². The molecular formula is C26H24N4O3. The Kier molecular flexibility index (Phi) is 5.30. The summed E-state index contributed by atoms with van der Waals surface area (Å²) in [7, 11) is 3.23. The summed E-state index contributed by atoms with van der Waals surface area (Å²) in [6.45, 7) is 2.12. The van der Waals surface area contributed by atoms with E-state index in [1.807, 2.05) is 42.5 Å². The molecule has 166 valence electrons. The number of aromatic nitrogens is 3. The Morgan fingerprint density at radius 2 is 1.88 bits per heavy atom. The zero-order valence-corrected chi connectivity index (χ0v) is 18.7. The predicted molar refractivity (Wildman–Crippen MR) is 130 cm³/mol. The second kappa shape index (κ2) is 8.43. The average molecular weight is 441 g/mol. The Hall–Kier alpha value is -4.13. The van der Waals surface area contributed by atoms with Gasteiger partial charge in [-0.05, 0) is 48.7 Å². The molecule has 2 aromatic heterocycles. The number of H-pyrrole nitrogens is 1. The van der Waals surface area contributed by atoms with Gasteiger partial charge in [0.15, 0.2) is 5.65 Å². The van der Waals surface area contributed by atoms with Crippen LogP contribution in [0.15, 0.2) is 59.5 Å². The molecule has 1 aliphatic heterocycles. The molecule has 1 aliphatic rings. The SMILES string of the molecule is COc1ccc(/C=C/c2ccnc3nc(N4c5ccccc5C[C@@H]4C)[nH]c(=O)c23)c(OC)c1. The fourth-order valence-corrected chi connectivity index (χ4v) is 4.35. The van der Waals surface area contributed by atoms with Gasteiger partial charge in [0.05, 0.1) is 19.6 Å². The van der Waals surface area contributed by atoms with Crippen molar-refractivity contribution >= 4 is 34.8 Å². The van der Waals surface area contributed by atoms with E-state index in [9.17, 15) is 4.79 Å². The topological polar surface area (TPSA) is 80.3 Å². The van der Waals surface area contributed by atoms with Crippen LogP contribution in [0.1, 0.15) is 23.6 Å².